The van der Waals surface area contributed by atoms with Crippen molar-refractivity contribution in [3.63, 3.8) is 0 Å². The summed E-state index contributed by atoms with van der Waals surface area (Å²) in [5, 5.41) is 3.03. The molecule has 0 unspecified atom stereocenters. The molecule has 12 rings (SSSR count). The zero-order valence-electron chi connectivity index (χ0n) is 32.9. The number of aryl methyl sites for hydroxylation is 2. The highest BCUT2D eigenvalue weighted by molar-refractivity contribution is 7.87. The summed E-state index contributed by atoms with van der Waals surface area (Å²) in [6, 6.07) is 20.2. The maximum Gasteiger partial charge on any atom is 0.296 e. The quantitative estimate of drug-likeness (QED) is 0.171. The molecule has 0 aromatic heterocycles. The van der Waals surface area contributed by atoms with Crippen molar-refractivity contribution < 1.29 is 30.0 Å². The Morgan fingerprint density at radius 2 is 1.11 bits per heavy atom. The second-order valence-electron chi connectivity index (χ2n) is 19.7. The smallest absolute Gasteiger partial charge is 0.296 e. The standard InChI is InChI=1S/C46H53NO7S2/c1-23-6-11-27(12-7-23)55(49,50)53-21-37-30-16-17-31(38(37)22-54-56(51,52)28-13-8-24(2)9-14-28)40-36-20-35(39(30)40)43-44(36)46(5)42-34-19-33(41(42)45(43,46)4)29-15-10-26(18-32(29)34)47-25(3)48/h6-15,18,30-31,33-44H,16-17,19-22H2,1-5H3,(H,47,48)/t30-,31+,33+,34-,35-,36+,37+,38+,39+,40-,41+,42-,43-,44+,45+,46-/m0/s1. The fourth-order valence-electron chi connectivity index (χ4n) is 16.6. The van der Waals surface area contributed by atoms with E-state index < -0.39 is 20.2 Å². The Morgan fingerprint density at radius 3 is 1.57 bits per heavy atom. The van der Waals surface area contributed by atoms with Crippen molar-refractivity contribution >= 4 is 31.8 Å². The fourth-order valence-corrected chi connectivity index (χ4v) is 18.5. The lowest BCUT2D eigenvalue weighted by Gasteiger charge is -2.85. The average molecular weight is 796 g/mol. The lowest BCUT2D eigenvalue weighted by Crippen LogP contribution is -2.81. The van der Waals surface area contributed by atoms with Crippen molar-refractivity contribution in [3.05, 3.63) is 89.0 Å². The summed E-state index contributed by atoms with van der Waals surface area (Å²) in [6.45, 7) is 10.8. The van der Waals surface area contributed by atoms with E-state index in [4.69, 9.17) is 8.37 Å². The molecule has 1 amide bonds. The van der Waals surface area contributed by atoms with Crippen LogP contribution in [0.2, 0.25) is 0 Å². The van der Waals surface area contributed by atoms with Gasteiger partial charge in [-0.25, -0.2) is 0 Å². The molecule has 16 atom stereocenters. The van der Waals surface area contributed by atoms with E-state index in [0.29, 0.717) is 59.2 Å². The first kappa shape index (κ1) is 36.1. The van der Waals surface area contributed by atoms with Crippen molar-refractivity contribution in [1.29, 1.82) is 0 Å². The van der Waals surface area contributed by atoms with Gasteiger partial charge in [0, 0.05) is 12.6 Å². The number of rotatable bonds is 9. The van der Waals surface area contributed by atoms with Crippen molar-refractivity contribution in [2.24, 2.45) is 81.8 Å². The Balaban J connectivity index is 0.914. The maximum absolute atomic E-state index is 13.6. The lowest BCUT2D eigenvalue weighted by atomic mass is 9.18. The SMILES string of the molecule is CC(=O)Nc1ccc2c(c1)[C@@H]1C[C@H]2[C@@H]2[C@H]1[C@@]1(C)[C@@H]3[C@@H]4C[C@@H]([C@H]5[C@H]6CC[C@H]([C@@H](COS(=O)(=O)c7ccc(C)cc7)[C@@H]6COS(=O)(=O)c6ccc(C)cc6)[C@@H]45)[C@@H]3[C@@]21C. The highest BCUT2D eigenvalue weighted by atomic mass is 32.2. The van der Waals surface area contributed by atoms with E-state index in [0.717, 1.165) is 29.7 Å². The van der Waals surface area contributed by atoms with Gasteiger partial charge >= 0.3 is 0 Å². The summed E-state index contributed by atoms with van der Waals surface area (Å²) < 4.78 is 66.4. The van der Waals surface area contributed by atoms with Gasteiger partial charge in [-0.15, -0.1) is 0 Å². The summed E-state index contributed by atoms with van der Waals surface area (Å²) >= 11 is 0. The molecule has 1 N–H and O–H groups in total. The maximum atomic E-state index is 13.6. The first-order chi connectivity index (χ1) is 26.6. The minimum atomic E-state index is -4.00. The molecule has 10 heteroatoms. The summed E-state index contributed by atoms with van der Waals surface area (Å²) in [4.78, 5) is 12.2. The van der Waals surface area contributed by atoms with Crippen LogP contribution < -0.4 is 5.32 Å². The Morgan fingerprint density at radius 1 is 0.643 bits per heavy atom. The molecule has 0 saturated heterocycles. The van der Waals surface area contributed by atoms with Gasteiger partial charge in [0.15, 0.2) is 0 Å². The Hall–Kier alpha value is -3.05. The van der Waals surface area contributed by atoms with Crippen LogP contribution in [0.15, 0.2) is 76.5 Å². The van der Waals surface area contributed by atoms with E-state index in [2.05, 4.69) is 37.4 Å². The summed E-state index contributed by atoms with van der Waals surface area (Å²) in [6.07, 6.45) is 4.51. The van der Waals surface area contributed by atoms with E-state index in [1.54, 1.807) is 55.5 Å². The molecule has 0 radical (unpaired) electrons. The minimum Gasteiger partial charge on any atom is -0.326 e. The van der Waals surface area contributed by atoms with Gasteiger partial charge in [0.2, 0.25) is 5.91 Å². The summed E-state index contributed by atoms with van der Waals surface area (Å²) in [5.41, 5.74) is 6.36. The third-order valence-electron chi connectivity index (χ3n) is 18.1. The molecule has 8 fully saturated rings. The van der Waals surface area contributed by atoms with Crippen LogP contribution in [-0.2, 0) is 33.4 Å². The number of nitrogens with one attached hydrogen (secondary N) is 1. The number of amides is 1. The topological polar surface area (TPSA) is 116 Å². The van der Waals surface area contributed by atoms with Crippen LogP contribution in [-0.4, -0.2) is 36.0 Å². The Labute approximate surface area is 331 Å². The molecule has 3 aromatic carbocycles. The average Bonchev–Trinajstić information content (AvgIpc) is 3.94. The Bertz CT molecular complexity index is 2380. The number of carbonyl (C=O) groups excluding carboxylic acids is 1. The van der Waals surface area contributed by atoms with Crippen molar-refractivity contribution in [3.8, 4) is 0 Å². The molecule has 9 aliphatic rings. The van der Waals surface area contributed by atoms with Crippen LogP contribution in [0.4, 0.5) is 5.69 Å². The Kier molecular flexibility index (Phi) is 7.59. The minimum absolute atomic E-state index is 0.0348. The van der Waals surface area contributed by atoms with Crippen molar-refractivity contribution in [2.45, 2.75) is 81.9 Å². The van der Waals surface area contributed by atoms with Gasteiger partial charge in [0.05, 0.1) is 23.0 Å². The van der Waals surface area contributed by atoms with Crippen LogP contribution >= 0.6 is 0 Å². The number of anilines is 1. The van der Waals surface area contributed by atoms with E-state index in [1.165, 1.54) is 24.0 Å². The number of fused-ring (bicyclic) bond motifs is 20. The van der Waals surface area contributed by atoms with Gasteiger partial charge < -0.3 is 5.32 Å². The van der Waals surface area contributed by atoms with Gasteiger partial charge in [0.1, 0.15) is 0 Å². The predicted molar refractivity (Wildman–Crippen MR) is 211 cm³/mol. The second kappa shape index (κ2) is 11.8. The molecule has 3 aromatic rings. The van der Waals surface area contributed by atoms with Crippen LogP contribution in [0.1, 0.15) is 80.5 Å². The number of carbonyl (C=O) groups is 1. The van der Waals surface area contributed by atoms with Crippen LogP contribution in [0.25, 0.3) is 0 Å². The normalized spacial score (nSPS) is 42.9. The highest BCUT2D eigenvalue weighted by Crippen LogP contribution is 2.95. The number of hydrogen-bond donors (Lipinski definition) is 1. The first-order valence-electron chi connectivity index (χ1n) is 21.0. The van der Waals surface area contributed by atoms with Gasteiger partial charge in [-0.1, -0.05) is 55.3 Å². The number of benzene rings is 3. The van der Waals surface area contributed by atoms with E-state index >= 15 is 0 Å². The van der Waals surface area contributed by atoms with Gasteiger partial charge in [-0.05, 0) is 181 Å². The lowest BCUT2D eigenvalue weighted by molar-refractivity contribution is -0.378. The monoisotopic (exact) mass is 795 g/mol. The van der Waals surface area contributed by atoms with Crippen molar-refractivity contribution in [1.82, 2.24) is 0 Å². The molecule has 296 valence electrons. The van der Waals surface area contributed by atoms with E-state index in [1.807, 2.05) is 13.8 Å². The zero-order chi connectivity index (χ0) is 38.8. The summed E-state index contributed by atoms with van der Waals surface area (Å²) in [5.74, 6) is 6.27. The second-order valence-corrected chi connectivity index (χ2v) is 22.9. The van der Waals surface area contributed by atoms with Gasteiger partial charge in [-0.2, -0.15) is 16.8 Å². The third-order valence-corrected chi connectivity index (χ3v) is 20.7. The predicted octanol–water partition coefficient (Wildman–Crippen LogP) is 8.32. The largest absolute Gasteiger partial charge is 0.326 e. The molecular formula is C46H53NO7S2. The first-order valence-corrected chi connectivity index (χ1v) is 23.8. The van der Waals surface area contributed by atoms with Gasteiger partial charge in [0.25, 0.3) is 20.2 Å². The van der Waals surface area contributed by atoms with Crippen molar-refractivity contribution in [2.75, 3.05) is 18.5 Å². The molecule has 8 saturated carbocycles. The number of hydrogen-bond acceptors (Lipinski definition) is 7. The van der Waals surface area contributed by atoms with Gasteiger partial charge in [-0.3, -0.25) is 13.2 Å². The third kappa shape index (κ3) is 4.51. The molecule has 9 aliphatic carbocycles. The van der Waals surface area contributed by atoms with E-state index in [-0.39, 0.29) is 63.4 Å². The van der Waals surface area contributed by atoms with Crippen LogP contribution in [0, 0.1) is 95.7 Å². The molecular weight excluding hydrogens is 743 g/mol. The zero-order valence-corrected chi connectivity index (χ0v) is 34.5. The molecule has 0 heterocycles. The molecule has 0 aliphatic heterocycles. The van der Waals surface area contributed by atoms with E-state index in [9.17, 15) is 21.6 Å². The fraction of sp³-hybridized carbons (Fsp3) is 0.587. The van der Waals surface area contributed by atoms with Crippen LogP contribution in [0.5, 0.6) is 0 Å². The highest BCUT2D eigenvalue weighted by Gasteiger charge is 2.90. The molecule has 8 nitrogen and oxygen atoms in total. The molecule has 0 spiro atoms. The summed E-state index contributed by atoms with van der Waals surface area (Å²) in [7, 11) is -8.00. The van der Waals surface area contributed by atoms with Crippen LogP contribution in [0.3, 0.4) is 0 Å². The molecule has 56 heavy (non-hydrogen) atoms. The molecule has 6 bridgehead atoms.